The lowest BCUT2D eigenvalue weighted by Crippen LogP contribution is -2.38. The highest BCUT2D eigenvalue weighted by molar-refractivity contribution is 5.85. The maximum absolute atomic E-state index is 11.8. The van der Waals surface area contributed by atoms with E-state index < -0.39 is 0 Å². The molecule has 3 aliphatic heterocycles. The van der Waals surface area contributed by atoms with Crippen LogP contribution in [0.1, 0.15) is 19.8 Å². The number of amides is 1. The van der Waals surface area contributed by atoms with Crippen molar-refractivity contribution in [3.63, 3.8) is 0 Å². The molecule has 4 bridgehead atoms. The fourth-order valence-electron chi connectivity index (χ4n) is 3.32. The fourth-order valence-corrected chi connectivity index (χ4v) is 3.32. The molecule has 0 spiro atoms. The van der Waals surface area contributed by atoms with Crippen molar-refractivity contribution in [2.24, 2.45) is 11.8 Å². The molecule has 1 saturated carbocycles. The number of fused-ring (bicyclic) bond motifs is 2. The van der Waals surface area contributed by atoms with Crippen molar-refractivity contribution in [2.45, 2.75) is 31.9 Å². The molecule has 3 saturated heterocycles. The standard InChI is InChI=1S/C11H15NO3/c1-6(13)12-4-7-2-11-10(14)3-9(12)8(7)5-15-11/h7-9,11H,2-5H2,1H3. The first-order valence-electron chi connectivity index (χ1n) is 5.58. The third-order valence-corrected chi connectivity index (χ3v) is 4.11. The highest BCUT2D eigenvalue weighted by atomic mass is 16.5. The van der Waals surface area contributed by atoms with Crippen LogP contribution in [0.3, 0.4) is 0 Å². The summed E-state index contributed by atoms with van der Waals surface area (Å²) in [6.07, 6.45) is 1.15. The minimum absolute atomic E-state index is 0.0978. The molecule has 0 radical (unpaired) electrons. The van der Waals surface area contributed by atoms with Crippen molar-refractivity contribution in [3.8, 4) is 0 Å². The van der Waals surface area contributed by atoms with E-state index in [9.17, 15) is 9.59 Å². The molecule has 4 aliphatic rings. The summed E-state index contributed by atoms with van der Waals surface area (Å²) in [7, 11) is 0. The molecule has 0 N–H and O–H groups in total. The van der Waals surface area contributed by atoms with Crippen LogP contribution in [0.5, 0.6) is 0 Å². The number of hydrogen-bond acceptors (Lipinski definition) is 3. The Morgan fingerprint density at radius 3 is 3.07 bits per heavy atom. The molecule has 82 valence electrons. The average Bonchev–Trinajstić information content (AvgIpc) is 2.41. The molecule has 15 heavy (non-hydrogen) atoms. The van der Waals surface area contributed by atoms with E-state index in [0.29, 0.717) is 24.9 Å². The van der Waals surface area contributed by atoms with Gasteiger partial charge >= 0.3 is 0 Å². The second-order valence-electron chi connectivity index (χ2n) is 4.89. The smallest absolute Gasteiger partial charge is 0.219 e. The van der Waals surface area contributed by atoms with Gasteiger partial charge in [0.05, 0.1) is 6.61 Å². The van der Waals surface area contributed by atoms with Crippen molar-refractivity contribution in [1.82, 2.24) is 4.90 Å². The molecule has 3 heterocycles. The van der Waals surface area contributed by atoms with Crippen molar-refractivity contribution in [1.29, 1.82) is 0 Å². The minimum Gasteiger partial charge on any atom is -0.370 e. The summed E-state index contributed by atoms with van der Waals surface area (Å²) in [6, 6.07) is 0.118. The van der Waals surface area contributed by atoms with E-state index in [1.807, 2.05) is 4.90 Å². The zero-order valence-corrected chi connectivity index (χ0v) is 8.81. The topological polar surface area (TPSA) is 46.6 Å². The van der Waals surface area contributed by atoms with Crippen LogP contribution in [0.15, 0.2) is 0 Å². The highest BCUT2D eigenvalue weighted by Gasteiger charge is 2.51. The zero-order chi connectivity index (χ0) is 10.6. The molecule has 0 aromatic rings. The van der Waals surface area contributed by atoms with Gasteiger partial charge in [0.25, 0.3) is 0 Å². The average molecular weight is 209 g/mol. The molecule has 4 unspecified atom stereocenters. The van der Waals surface area contributed by atoms with Crippen molar-refractivity contribution >= 4 is 11.7 Å². The maximum atomic E-state index is 11.8. The summed E-state index contributed by atoms with van der Waals surface area (Å²) in [6.45, 7) is 3.09. The van der Waals surface area contributed by atoms with Gasteiger partial charge in [-0.3, -0.25) is 9.59 Å². The Labute approximate surface area is 88.6 Å². The van der Waals surface area contributed by atoms with Gasteiger partial charge in [-0.15, -0.1) is 0 Å². The Morgan fingerprint density at radius 1 is 1.53 bits per heavy atom. The predicted molar refractivity (Wildman–Crippen MR) is 52.1 cm³/mol. The van der Waals surface area contributed by atoms with Gasteiger partial charge in [-0.05, 0) is 12.3 Å². The number of ketones is 1. The lowest BCUT2D eigenvalue weighted by Gasteiger charge is -2.27. The summed E-state index contributed by atoms with van der Waals surface area (Å²) in [4.78, 5) is 25.1. The van der Waals surface area contributed by atoms with E-state index in [-0.39, 0.29) is 23.8 Å². The Kier molecular flexibility index (Phi) is 1.89. The normalized spacial score (nSPS) is 43.3. The fraction of sp³-hybridized carbons (Fsp3) is 0.818. The van der Waals surface area contributed by atoms with Gasteiger partial charge in [-0.25, -0.2) is 0 Å². The third kappa shape index (κ3) is 1.24. The summed E-state index contributed by atoms with van der Waals surface area (Å²) < 4.78 is 5.54. The van der Waals surface area contributed by atoms with Gasteiger partial charge in [0.2, 0.25) is 5.91 Å². The molecule has 0 aromatic carbocycles. The van der Waals surface area contributed by atoms with Crippen LogP contribution >= 0.6 is 0 Å². The molecule has 4 rings (SSSR count). The number of hydrogen-bond donors (Lipinski definition) is 0. The predicted octanol–water partition coefficient (Wildman–Crippen LogP) is 0.211. The minimum atomic E-state index is -0.176. The highest BCUT2D eigenvalue weighted by Crippen LogP contribution is 2.42. The van der Waals surface area contributed by atoms with Gasteiger partial charge in [-0.1, -0.05) is 0 Å². The zero-order valence-electron chi connectivity index (χ0n) is 8.81. The summed E-state index contributed by atoms with van der Waals surface area (Å²) in [5, 5.41) is 0. The van der Waals surface area contributed by atoms with E-state index in [4.69, 9.17) is 4.74 Å². The monoisotopic (exact) mass is 209 g/mol. The van der Waals surface area contributed by atoms with Crippen LogP contribution in [-0.2, 0) is 14.3 Å². The lowest BCUT2D eigenvalue weighted by atomic mass is 9.88. The summed E-state index contributed by atoms with van der Waals surface area (Å²) in [5.74, 6) is 1.18. The third-order valence-electron chi connectivity index (χ3n) is 4.11. The van der Waals surface area contributed by atoms with E-state index in [1.54, 1.807) is 6.92 Å². The number of nitrogens with zero attached hydrogens (tertiary/aromatic N) is 1. The first kappa shape index (κ1) is 9.33. The number of rotatable bonds is 0. The SMILES string of the molecule is CC(=O)N1CC2CC3OCC2C1CC3=O. The number of likely N-dealkylation sites (tertiary alicyclic amines) is 1. The second-order valence-corrected chi connectivity index (χ2v) is 4.89. The quantitative estimate of drug-likeness (QED) is 0.573. The molecular formula is C11H15NO3. The van der Waals surface area contributed by atoms with Crippen molar-refractivity contribution in [3.05, 3.63) is 0 Å². The Morgan fingerprint density at radius 2 is 2.33 bits per heavy atom. The molecular weight excluding hydrogens is 194 g/mol. The van der Waals surface area contributed by atoms with Crippen LogP contribution in [-0.4, -0.2) is 41.9 Å². The van der Waals surface area contributed by atoms with Crippen LogP contribution in [0.4, 0.5) is 0 Å². The van der Waals surface area contributed by atoms with Gasteiger partial charge in [0.15, 0.2) is 5.78 Å². The molecule has 1 amide bonds. The molecule has 4 nitrogen and oxygen atoms in total. The second kappa shape index (κ2) is 3.04. The number of carbonyl (C=O) groups is 2. The van der Waals surface area contributed by atoms with Crippen LogP contribution in [0.2, 0.25) is 0 Å². The number of ether oxygens (including phenoxy) is 1. The van der Waals surface area contributed by atoms with Gasteiger partial charge in [0, 0.05) is 31.8 Å². The van der Waals surface area contributed by atoms with Crippen LogP contribution < -0.4 is 0 Å². The number of Topliss-reactive ketones (excluding diaryl/α,β-unsaturated/α-hetero) is 1. The van der Waals surface area contributed by atoms with E-state index in [0.717, 1.165) is 13.0 Å². The molecule has 1 aliphatic carbocycles. The van der Waals surface area contributed by atoms with Crippen molar-refractivity contribution in [2.75, 3.05) is 13.2 Å². The Balaban J connectivity index is 1.94. The maximum Gasteiger partial charge on any atom is 0.219 e. The summed E-state index contributed by atoms with van der Waals surface area (Å²) in [5.41, 5.74) is 0. The first-order valence-corrected chi connectivity index (χ1v) is 5.58. The van der Waals surface area contributed by atoms with Gasteiger partial charge < -0.3 is 9.64 Å². The lowest BCUT2D eigenvalue weighted by molar-refractivity contribution is -0.135. The molecule has 4 fully saturated rings. The van der Waals surface area contributed by atoms with Gasteiger partial charge in [0.1, 0.15) is 6.10 Å². The first-order chi connectivity index (χ1) is 7.16. The largest absolute Gasteiger partial charge is 0.370 e. The Hall–Kier alpha value is -0.900. The van der Waals surface area contributed by atoms with E-state index in [2.05, 4.69) is 0 Å². The van der Waals surface area contributed by atoms with E-state index in [1.165, 1.54) is 0 Å². The van der Waals surface area contributed by atoms with Crippen molar-refractivity contribution < 1.29 is 14.3 Å². The molecule has 0 aromatic heterocycles. The molecule has 4 heteroatoms. The van der Waals surface area contributed by atoms with Crippen LogP contribution in [0.25, 0.3) is 0 Å². The molecule has 4 atom stereocenters. The van der Waals surface area contributed by atoms with Gasteiger partial charge in [-0.2, -0.15) is 0 Å². The number of carbonyl (C=O) groups excluding carboxylic acids is 2. The van der Waals surface area contributed by atoms with E-state index >= 15 is 0 Å². The summed E-state index contributed by atoms with van der Waals surface area (Å²) >= 11 is 0. The Bertz CT molecular complexity index is 328. The van der Waals surface area contributed by atoms with Crippen LogP contribution in [0, 0.1) is 11.8 Å².